The molecule has 0 atom stereocenters. The highest BCUT2D eigenvalue weighted by molar-refractivity contribution is 5.69. The zero-order valence-corrected chi connectivity index (χ0v) is 8.13. The molecule has 15 heavy (non-hydrogen) atoms. The first-order valence-corrected chi connectivity index (χ1v) is 4.28. The van der Waals surface area contributed by atoms with Crippen LogP contribution in [-0.2, 0) is 9.53 Å². The van der Waals surface area contributed by atoms with Crippen LogP contribution < -0.4 is 4.74 Å². The average molecular weight is 216 g/mol. The largest absolute Gasteiger partial charge is 0.487 e. The third-order valence-electron chi connectivity index (χ3n) is 1.70. The molecular weight excluding hydrogens is 206 g/mol. The van der Waals surface area contributed by atoms with Gasteiger partial charge in [-0.1, -0.05) is 6.07 Å². The summed E-state index contributed by atoms with van der Waals surface area (Å²) in [6.45, 7) is -0.121. The molecule has 5 heteroatoms. The summed E-state index contributed by atoms with van der Waals surface area (Å²) in [6.07, 6.45) is -0.0513. The van der Waals surface area contributed by atoms with Gasteiger partial charge in [0.15, 0.2) is 17.4 Å². The summed E-state index contributed by atoms with van der Waals surface area (Å²) in [5.74, 6) is -2.55. The molecule has 0 radical (unpaired) electrons. The summed E-state index contributed by atoms with van der Waals surface area (Å²) in [6, 6.07) is 3.39. The van der Waals surface area contributed by atoms with Gasteiger partial charge in [-0.05, 0) is 12.1 Å². The maximum absolute atomic E-state index is 13.0. The van der Waals surface area contributed by atoms with E-state index in [0.29, 0.717) is 0 Å². The fourth-order valence-electron chi connectivity index (χ4n) is 0.959. The lowest BCUT2D eigenvalue weighted by atomic mass is 10.3. The van der Waals surface area contributed by atoms with E-state index in [0.717, 1.165) is 12.1 Å². The second-order valence-corrected chi connectivity index (χ2v) is 2.73. The molecule has 0 fully saturated rings. The van der Waals surface area contributed by atoms with Crippen LogP contribution in [0.2, 0.25) is 0 Å². The van der Waals surface area contributed by atoms with Gasteiger partial charge in [0.1, 0.15) is 0 Å². The monoisotopic (exact) mass is 216 g/mol. The Hall–Kier alpha value is -1.65. The number of hydrogen-bond donors (Lipinski definition) is 0. The van der Waals surface area contributed by atoms with Crippen molar-refractivity contribution in [3.63, 3.8) is 0 Å². The molecule has 0 aliphatic heterocycles. The molecule has 0 amide bonds. The number of methoxy groups -OCH3 is 1. The third kappa shape index (κ3) is 3.19. The molecule has 1 rings (SSSR count). The molecule has 3 nitrogen and oxygen atoms in total. The number of halogens is 2. The Kier molecular flexibility index (Phi) is 4.03. The second kappa shape index (κ2) is 5.29. The van der Waals surface area contributed by atoms with Crippen LogP contribution in [-0.4, -0.2) is 19.7 Å². The van der Waals surface area contributed by atoms with Gasteiger partial charge < -0.3 is 9.47 Å². The second-order valence-electron chi connectivity index (χ2n) is 2.73. The van der Waals surface area contributed by atoms with E-state index in [1.165, 1.54) is 13.2 Å². The summed E-state index contributed by atoms with van der Waals surface area (Å²) in [5.41, 5.74) is 0. The summed E-state index contributed by atoms with van der Waals surface area (Å²) in [4.78, 5) is 10.7. The smallest absolute Gasteiger partial charge is 0.308 e. The summed E-state index contributed by atoms with van der Waals surface area (Å²) < 4.78 is 35.1. The molecule has 0 spiro atoms. The van der Waals surface area contributed by atoms with E-state index < -0.39 is 23.4 Å². The Labute approximate surface area is 85.6 Å². The maximum atomic E-state index is 13.0. The Morgan fingerprint density at radius 1 is 1.33 bits per heavy atom. The number of carbonyl (C=O) groups is 1. The number of hydrogen-bond acceptors (Lipinski definition) is 3. The van der Waals surface area contributed by atoms with E-state index >= 15 is 0 Å². The molecule has 82 valence electrons. The lowest BCUT2D eigenvalue weighted by molar-refractivity contribution is -0.141. The van der Waals surface area contributed by atoms with E-state index in [1.807, 2.05) is 0 Å². The normalized spacial score (nSPS) is 9.80. The highest BCUT2D eigenvalue weighted by Crippen LogP contribution is 2.20. The Bertz CT molecular complexity index is 332. The molecule has 0 unspecified atom stereocenters. The molecule has 0 aliphatic rings. The predicted molar refractivity (Wildman–Crippen MR) is 48.5 cm³/mol. The van der Waals surface area contributed by atoms with Crippen molar-refractivity contribution in [2.45, 2.75) is 6.42 Å². The molecule has 0 N–H and O–H groups in total. The topological polar surface area (TPSA) is 35.5 Å². The highest BCUT2D eigenvalue weighted by Gasteiger charge is 2.10. The molecule has 0 aliphatic carbocycles. The minimum absolute atomic E-state index is 0.0513. The van der Waals surface area contributed by atoms with Crippen molar-refractivity contribution in [2.75, 3.05) is 13.7 Å². The van der Waals surface area contributed by atoms with E-state index in [9.17, 15) is 13.6 Å². The van der Waals surface area contributed by atoms with Crippen LogP contribution in [0.1, 0.15) is 6.42 Å². The van der Waals surface area contributed by atoms with Crippen molar-refractivity contribution in [1.82, 2.24) is 0 Å². The number of ether oxygens (including phenoxy) is 2. The van der Waals surface area contributed by atoms with Crippen molar-refractivity contribution in [2.24, 2.45) is 0 Å². The zero-order valence-electron chi connectivity index (χ0n) is 8.13. The van der Waals surface area contributed by atoms with Gasteiger partial charge in [-0.25, -0.2) is 8.78 Å². The Morgan fingerprint density at radius 2 is 1.93 bits per heavy atom. The van der Waals surface area contributed by atoms with Gasteiger partial charge in [-0.15, -0.1) is 0 Å². The number of para-hydroxylation sites is 1. The van der Waals surface area contributed by atoms with Crippen LogP contribution >= 0.6 is 0 Å². The fraction of sp³-hybridized carbons (Fsp3) is 0.300. The van der Waals surface area contributed by atoms with Crippen molar-refractivity contribution < 1.29 is 23.0 Å². The summed E-state index contributed by atoms with van der Waals surface area (Å²) in [7, 11) is 1.23. The van der Waals surface area contributed by atoms with E-state index in [-0.39, 0.29) is 13.0 Å². The first-order valence-electron chi connectivity index (χ1n) is 4.28. The minimum Gasteiger partial charge on any atom is -0.487 e. The van der Waals surface area contributed by atoms with Crippen molar-refractivity contribution in [3.8, 4) is 5.75 Å². The first kappa shape index (κ1) is 11.4. The average Bonchev–Trinajstić information content (AvgIpc) is 2.22. The van der Waals surface area contributed by atoms with E-state index in [4.69, 9.17) is 4.74 Å². The highest BCUT2D eigenvalue weighted by atomic mass is 19.1. The lowest BCUT2D eigenvalue weighted by Crippen LogP contribution is -2.08. The molecule has 1 aromatic carbocycles. The zero-order chi connectivity index (χ0) is 11.3. The van der Waals surface area contributed by atoms with Crippen LogP contribution in [0, 0.1) is 11.6 Å². The summed E-state index contributed by atoms with van der Waals surface area (Å²) in [5, 5.41) is 0. The first-order chi connectivity index (χ1) is 7.15. The van der Waals surface area contributed by atoms with Crippen LogP contribution in [0.4, 0.5) is 8.78 Å². The fourth-order valence-corrected chi connectivity index (χ4v) is 0.959. The van der Waals surface area contributed by atoms with Gasteiger partial charge >= 0.3 is 5.97 Å². The molecule has 0 saturated carbocycles. The lowest BCUT2D eigenvalue weighted by Gasteiger charge is -2.06. The predicted octanol–water partition coefficient (Wildman–Crippen LogP) is 1.91. The van der Waals surface area contributed by atoms with Crippen molar-refractivity contribution >= 4 is 5.97 Å². The molecular formula is C10H10F2O3. The number of benzene rings is 1. The van der Waals surface area contributed by atoms with E-state index in [1.54, 1.807) is 0 Å². The van der Waals surface area contributed by atoms with E-state index in [2.05, 4.69) is 4.74 Å². The van der Waals surface area contributed by atoms with Crippen molar-refractivity contribution in [1.29, 1.82) is 0 Å². The number of esters is 1. The minimum atomic E-state index is -0.792. The van der Waals surface area contributed by atoms with Crippen LogP contribution in [0.15, 0.2) is 18.2 Å². The number of carbonyl (C=O) groups excluding carboxylic acids is 1. The standard InChI is InChI=1S/C10H10F2O3/c1-14-9(13)5-6-15-10-7(11)3-2-4-8(10)12/h2-4H,5-6H2,1H3. The maximum Gasteiger partial charge on any atom is 0.308 e. The van der Waals surface area contributed by atoms with Crippen LogP contribution in [0.3, 0.4) is 0 Å². The van der Waals surface area contributed by atoms with Crippen molar-refractivity contribution in [3.05, 3.63) is 29.8 Å². The Balaban J connectivity index is 2.54. The van der Waals surface area contributed by atoms with Gasteiger partial charge in [-0.2, -0.15) is 0 Å². The van der Waals surface area contributed by atoms with Gasteiger partial charge in [0.2, 0.25) is 0 Å². The molecule has 0 saturated heterocycles. The number of rotatable bonds is 4. The molecule has 0 aromatic heterocycles. The molecule has 0 heterocycles. The van der Waals surface area contributed by atoms with Gasteiger partial charge in [0.05, 0.1) is 20.1 Å². The van der Waals surface area contributed by atoms with Gasteiger partial charge in [0, 0.05) is 0 Å². The van der Waals surface area contributed by atoms with Gasteiger partial charge in [0.25, 0.3) is 0 Å². The third-order valence-corrected chi connectivity index (χ3v) is 1.70. The summed E-state index contributed by atoms with van der Waals surface area (Å²) >= 11 is 0. The van der Waals surface area contributed by atoms with Crippen LogP contribution in [0.5, 0.6) is 5.75 Å². The molecule has 1 aromatic rings. The Morgan fingerprint density at radius 3 is 2.47 bits per heavy atom. The SMILES string of the molecule is COC(=O)CCOc1c(F)cccc1F. The molecule has 0 bridgehead atoms. The van der Waals surface area contributed by atoms with Gasteiger partial charge in [-0.3, -0.25) is 4.79 Å². The quantitative estimate of drug-likeness (QED) is 0.721. The van der Waals surface area contributed by atoms with Crippen LogP contribution in [0.25, 0.3) is 0 Å².